The van der Waals surface area contributed by atoms with Gasteiger partial charge in [0.25, 0.3) is 0 Å². The Labute approximate surface area is 185 Å². The minimum absolute atomic E-state index is 0.0703. The van der Waals surface area contributed by atoms with E-state index in [4.69, 9.17) is 4.74 Å². The normalized spacial score (nSPS) is 20.5. The molecule has 1 N–H and O–H groups in total. The zero-order valence-electron chi connectivity index (χ0n) is 18.7. The molecule has 2 aliphatic heterocycles. The summed E-state index contributed by atoms with van der Waals surface area (Å²) in [6.07, 6.45) is 6.81. The largest absolute Gasteiger partial charge is 0.366 e. The number of nitrogens with one attached hydrogen (secondary N) is 1. The molecule has 4 rings (SSSR count). The van der Waals surface area contributed by atoms with Crippen LogP contribution in [0, 0.1) is 0 Å². The van der Waals surface area contributed by atoms with E-state index in [1.807, 2.05) is 32.6 Å². The number of piperidine rings is 1. The van der Waals surface area contributed by atoms with Crippen LogP contribution >= 0.6 is 0 Å². The third-order valence-electron chi connectivity index (χ3n) is 6.44. The Hall–Kier alpha value is -2.28. The van der Waals surface area contributed by atoms with E-state index in [1.165, 1.54) is 16.7 Å². The summed E-state index contributed by atoms with van der Waals surface area (Å²) in [5, 5.41) is 3.04. The van der Waals surface area contributed by atoms with Gasteiger partial charge in [-0.2, -0.15) is 0 Å². The molecule has 1 atom stereocenters. The molecule has 6 heteroatoms. The van der Waals surface area contributed by atoms with Gasteiger partial charge < -0.3 is 15.0 Å². The number of rotatable bonds is 7. The SMILES string of the molecule is CN(C)CCNC(=O)CC1Cc2ccccc2C2(CCN(Cc3cccnc3)CC2)O1. The summed E-state index contributed by atoms with van der Waals surface area (Å²) in [4.78, 5) is 21.3. The number of amides is 1. The highest BCUT2D eigenvalue weighted by atomic mass is 16.5. The van der Waals surface area contributed by atoms with Crippen molar-refractivity contribution in [2.75, 3.05) is 40.3 Å². The summed E-state index contributed by atoms with van der Waals surface area (Å²) in [6.45, 7) is 4.39. The van der Waals surface area contributed by atoms with Gasteiger partial charge in [-0.15, -0.1) is 0 Å². The summed E-state index contributed by atoms with van der Waals surface area (Å²) in [6, 6.07) is 12.8. The fourth-order valence-corrected chi connectivity index (χ4v) is 4.83. The first-order chi connectivity index (χ1) is 15.0. The third-order valence-corrected chi connectivity index (χ3v) is 6.44. The Morgan fingerprint density at radius 3 is 2.77 bits per heavy atom. The number of carbonyl (C=O) groups excluding carboxylic acids is 1. The number of benzene rings is 1. The number of aromatic nitrogens is 1. The number of pyridine rings is 1. The highest BCUT2D eigenvalue weighted by Gasteiger charge is 2.43. The van der Waals surface area contributed by atoms with E-state index < -0.39 is 0 Å². The van der Waals surface area contributed by atoms with E-state index in [2.05, 4.69) is 50.4 Å². The molecule has 1 amide bonds. The lowest BCUT2D eigenvalue weighted by Crippen LogP contribution is -2.49. The molecular weight excluding hydrogens is 388 g/mol. The van der Waals surface area contributed by atoms with Crippen LogP contribution < -0.4 is 5.32 Å². The number of hydrogen-bond donors (Lipinski definition) is 1. The fraction of sp³-hybridized carbons (Fsp3) is 0.520. The highest BCUT2D eigenvalue weighted by Crippen LogP contribution is 2.44. The molecule has 0 aliphatic carbocycles. The number of likely N-dealkylation sites (N-methyl/N-ethyl adjacent to an activating group) is 1. The number of fused-ring (bicyclic) bond motifs is 2. The number of likely N-dealkylation sites (tertiary alicyclic amines) is 1. The first kappa shape index (κ1) is 21.9. The van der Waals surface area contributed by atoms with Crippen molar-refractivity contribution in [1.82, 2.24) is 20.1 Å². The Bertz CT molecular complexity index is 863. The molecule has 1 aromatic carbocycles. The van der Waals surface area contributed by atoms with Crippen LogP contribution in [0.15, 0.2) is 48.8 Å². The molecule has 1 fully saturated rings. The molecule has 31 heavy (non-hydrogen) atoms. The maximum atomic E-state index is 12.5. The van der Waals surface area contributed by atoms with Crippen LogP contribution in [0.1, 0.15) is 36.0 Å². The van der Waals surface area contributed by atoms with Gasteiger partial charge in [0.1, 0.15) is 0 Å². The Kier molecular flexibility index (Phi) is 7.00. The van der Waals surface area contributed by atoms with Crippen molar-refractivity contribution in [3.8, 4) is 0 Å². The predicted octanol–water partition coefficient (Wildman–Crippen LogP) is 2.58. The average Bonchev–Trinajstić information content (AvgIpc) is 2.76. The van der Waals surface area contributed by atoms with Gasteiger partial charge in [0.05, 0.1) is 18.1 Å². The van der Waals surface area contributed by atoms with E-state index in [0.29, 0.717) is 13.0 Å². The van der Waals surface area contributed by atoms with E-state index in [1.54, 1.807) is 0 Å². The lowest BCUT2D eigenvalue weighted by atomic mass is 9.78. The lowest BCUT2D eigenvalue weighted by molar-refractivity contribution is -0.150. The van der Waals surface area contributed by atoms with Crippen LogP contribution in [0.4, 0.5) is 0 Å². The smallest absolute Gasteiger partial charge is 0.222 e. The molecule has 166 valence electrons. The molecule has 1 spiro atoms. The van der Waals surface area contributed by atoms with E-state index in [-0.39, 0.29) is 17.6 Å². The summed E-state index contributed by atoms with van der Waals surface area (Å²) in [5.74, 6) is 0.0791. The second kappa shape index (κ2) is 9.90. The Morgan fingerprint density at radius 2 is 2.03 bits per heavy atom. The fourth-order valence-electron chi connectivity index (χ4n) is 4.83. The maximum Gasteiger partial charge on any atom is 0.222 e. The molecular formula is C25H34N4O2. The van der Waals surface area contributed by atoms with Crippen LogP contribution in [-0.4, -0.2) is 67.1 Å². The van der Waals surface area contributed by atoms with Crippen molar-refractivity contribution >= 4 is 5.91 Å². The first-order valence-corrected chi connectivity index (χ1v) is 11.3. The van der Waals surface area contributed by atoms with Crippen LogP contribution in [0.3, 0.4) is 0 Å². The second-order valence-electron chi connectivity index (χ2n) is 9.09. The number of nitrogens with zero attached hydrogens (tertiary/aromatic N) is 3. The van der Waals surface area contributed by atoms with Crippen molar-refractivity contribution in [3.05, 3.63) is 65.5 Å². The van der Waals surface area contributed by atoms with Crippen molar-refractivity contribution in [2.45, 2.75) is 43.9 Å². The second-order valence-corrected chi connectivity index (χ2v) is 9.09. The van der Waals surface area contributed by atoms with Crippen LogP contribution in [-0.2, 0) is 28.1 Å². The summed E-state index contributed by atoms with van der Waals surface area (Å²) in [7, 11) is 4.02. The molecule has 0 bridgehead atoms. The summed E-state index contributed by atoms with van der Waals surface area (Å²) in [5.41, 5.74) is 3.62. The monoisotopic (exact) mass is 422 g/mol. The van der Waals surface area contributed by atoms with Crippen LogP contribution in [0.5, 0.6) is 0 Å². The minimum atomic E-state index is -0.283. The van der Waals surface area contributed by atoms with Crippen molar-refractivity contribution in [1.29, 1.82) is 0 Å². The standard InChI is InChI=1S/C25H34N4O2/c1-28(2)15-12-27-24(30)17-22-16-21-7-3-4-8-23(21)25(31-22)9-13-29(14-10-25)19-20-6-5-11-26-18-20/h3-8,11,18,22H,9-10,12-17,19H2,1-2H3,(H,27,30). The quantitative estimate of drug-likeness (QED) is 0.743. The Balaban J connectivity index is 1.41. The van der Waals surface area contributed by atoms with Gasteiger partial charge in [-0.05, 0) is 56.1 Å². The summed E-state index contributed by atoms with van der Waals surface area (Å²) < 4.78 is 6.73. The Morgan fingerprint density at radius 1 is 1.23 bits per heavy atom. The van der Waals surface area contributed by atoms with Gasteiger partial charge in [-0.3, -0.25) is 14.7 Å². The highest BCUT2D eigenvalue weighted by molar-refractivity contribution is 5.76. The van der Waals surface area contributed by atoms with Gasteiger partial charge in [-0.25, -0.2) is 0 Å². The first-order valence-electron chi connectivity index (χ1n) is 11.3. The lowest BCUT2D eigenvalue weighted by Gasteiger charge is -2.47. The number of hydrogen-bond acceptors (Lipinski definition) is 5. The number of ether oxygens (including phenoxy) is 1. The molecule has 2 aromatic rings. The molecule has 6 nitrogen and oxygen atoms in total. The van der Waals surface area contributed by atoms with Crippen molar-refractivity contribution < 1.29 is 9.53 Å². The molecule has 3 heterocycles. The molecule has 1 unspecified atom stereocenters. The topological polar surface area (TPSA) is 57.7 Å². The van der Waals surface area contributed by atoms with E-state index in [9.17, 15) is 4.79 Å². The van der Waals surface area contributed by atoms with Gasteiger partial charge in [0.15, 0.2) is 0 Å². The minimum Gasteiger partial charge on any atom is -0.366 e. The van der Waals surface area contributed by atoms with Gasteiger partial charge in [0.2, 0.25) is 5.91 Å². The average molecular weight is 423 g/mol. The zero-order chi connectivity index (χ0) is 21.7. The van der Waals surface area contributed by atoms with Crippen LogP contribution in [0.25, 0.3) is 0 Å². The van der Waals surface area contributed by atoms with Gasteiger partial charge >= 0.3 is 0 Å². The van der Waals surface area contributed by atoms with Crippen molar-refractivity contribution in [2.24, 2.45) is 0 Å². The molecule has 1 saturated heterocycles. The molecule has 0 radical (unpaired) electrons. The molecule has 1 aromatic heterocycles. The molecule has 2 aliphatic rings. The number of carbonyl (C=O) groups is 1. The van der Waals surface area contributed by atoms with Gasteiger partial charge in [0, 0.05) is 45.1 Å². The molecule has 0 saturated carbocycles. The summed E-state index contributed by atoms with van der Waals surface area (Å²) >= 11 is 0. The van der Waals surface area contributed by atoms with E-state index in [0.717, 1.165) is 45.4 Å². The van der Waals surface area contributed by atoms with E-state index >= 15 is 0 Å². The van der Waals surface area contributed by atoms with Gasteiger partial charge in [-0.1, -0.05) is 30.3 Å². The predicted molar refractivity (Wildman–Crippen MR) is 122 cm³/mol. The zero-order valence-corrected chi connectivity index (χ0v) is 18.7. The van der Waals surface area contributed by atoms with Crippen molar-refractivity contribution in [3.63, 3.8) is 0 Å². The maximum absolute atomic E-state index is 12.5. The van der Waals surface area contributed by atoms with Crippen LogP contribution in [0.2, 0.25) is 0 Å². The third kappa shape index (κ3) is 5.50.